The molecule has 0 saturated carbocycles. The van der Waals surface area contributed by atoms with Crippen LogP contribution in [-0.4, -0.2) is 31.0 Å². The van der Waals surface area contributed by atoms with Crippen LogP contribution in [0.4, 0.5) is 0 Å². The third-order valence-corrected chi connectivity index (χ3v) is 2.38. The first-order valence-corrected chi connectivity index (χ1v) is 4.47. The molecule has 1 aliphatic rings. The zero-order chi connectivity index (χ0) is 11.0. The Bertz CT molecular complexity index is 387. The topological polar surface area (TPSA) is 68.2 Å². The summed E-state index contributed by atoms with van der Waals surface area (Å²) in [6, 6.07) is 1.59. The van der Waals surface area contributed by atoms with Gasteiger partial charge in [-0.3, -0.25) is 0 Å². The van der Waals surface area contributed by atoms with Crippen molar-refractivity contribution < 1.29 is 24.4 Å². The van der Waals surface area contributed by atoms with Gasteiger partial charge in [0.2, 0.25) is 5.75 Å². The maximum atomic E-state index is 9.85. The number of rotatable bonds is 2. The van der Waals surface area contributed by atoms with Crippen molar-refractivity contribution in [2.75, 3.05) is 20.8 Å². The smallest absolute Gasteiger partial charge is 0.203 e. The van der Waals surface area contributed by atoms with Gasteiger partial charge in [0.25, 0.3) is 0 Å². The second-order valence-corrected chi connectivity index (χ2v) is 3.20. The van der Waals surface area contributed by atoms with Crippen LogP contribution in [-0.2, 0) is 0 Å². The van der Waals surface area contributed by atoms with Crippen LogP contribution in [0.5, 0.6) is 23.0 Å². The Morgan fingerprint density at radius 1 is 1.40 bits per heavy atom. The van der Waals surface area contributed by atoms with Gasteiger partial charge in [0, 0.05) is 6.07 Å². The van der Waals surface area contributed by atoms with E-state index in [4.69, 9.17) is 14.2 Å². The molecule has 0 aromatic heterocycles. The van der Waals surface area contributed by atoms with Crippen LogP contribution in [0, 0.1) is 0 Å². The Labute approximate surface area is 86.8 Å². The molecule has 0 bridgehead atoms. The quantitative estimate of drug-likeness (QED) is 0.760. The van der Waals surface area contributed by atoms with Crippen molar-refractivity contribution in [3.8, 4) is 23.0 Å². The first kappa shape index (κ1) is 9.92. The maximum Gasteiger partial charge on any atom is 0.203 e. The van der Waals surface area contributed by atoms with Gasteiger partial charge >= 0.3 is 0 Å². The van der Waals surface area contributed by atoms with Crippen molar-refractivity contribution >= 4 is 0 Å². The van der Waals surface area contributed by atoms with Gasteiger partial charge in [0.15, 0.2) is 11.5 Å². The highest BCUT2D eigenvalue weighted by Gasteiger charge is 2.30. The largest absolute Gasteiger partial charge is 0.504 e. The Morgan fingerprint density at radius 3 is 2.73 bits per heavy atom. The molecule has 0 aliphatic carbocycles. The van der Waals surface area contributed by atoms with E-state index < -0.39 is 6.10 Å². The summed E-state index contributed by atoms with van der Waals surface area (Å²) in [7, 11) is 2.89. The normalized spacial score (nSPS) is 18.2. The van der Waals surface area contributed by atoms with Crippen molar-refractivity contribution in [1.29, 1.82) is 0 Å². The molecule has 5 nitrogen and oxygen atoms in total. The minimum absolute atomic E-state index is 0.128. The zero-order valence-electron chi connectivity index (χ0n) is 8.48. The lowest BCUT2D eigenvalue weighted by atomic mass is 10.1. The number of phenolic OH excluding ortho intramolecular Hbond substituents is 1. The summed E-state index contributed by atoms with van der Waals surface area (Å²) in [5.74, 6) is 0.887. The summed E-state index contributed by atoms with van der Waals surface area (Å²) in [5, 5.41) is 19.4. The van der Waals surface area contributed by atoms with E-state index in [9.17, 15) is 10.2 Å². The van der Waals surface area contributed by atoms with E-state index in [1.54, 1.807) is 6.07 Å². The average molecular weight is 212 g/mol. The van der Waals surface area contributed by atoms with E-state index in [2.05, 4.69) is 0 Å². The van der Waals surface area contributed by atoms with Crippen LogP contribution in [0.15, 0.2) is 6.07 Å². The average Bonchev–Trinajstić information content (AvgIpc) is 2.60. The third kappa shape index (κ3) is 1.35. The standard InChI is InChI=1S/C10H12O5/c1-13-7-3-6-8(5(11)4-15-6)9(12)10(7)14-2/h3,5,11-12H,4H2,1-2H3. The molecule has 1 aliphatic heterocycles. The summed E-state index contributed by atoms with van der Waals surface area (Å²) < 4.78 is 15.2. The number of benzene rings is 1. The number of aliphatic hydroxyl groups excluding tert-OH is 1. The van der Waals surface area contributed by atoms with E-state index in [1.807, 2.05) is 0 Å². The number of hydrogen-bond acceptors (Lipinski definition) is 5. The van der Waals surface area contributed by atoms with Gasteiger partial charge in [0.05, 0.1) is 19.8 Å². The van der Waals surface area contributed by atoms with Crippen LogP contribution >= 0.6 is 0 Å². The molecule has 1 atom stereocenters. The van der Waals surface area contributed by atoms with Crippen molar-refractivity contribution in [2.24, 2.45) is 0 Å². The summed E-state index contributed by atoms with van der Waals surface area (Å²) >= 11 is 0. The van der Waals surface area contributed by atoms with E-state index in [-0.39, 0.29) is 18.1 Å². The number of aromatic hydroxyl groups is 1. The first-order valence-electron chi connectivity index (χ1n) is 4.47. The van der Waals surface area contributed by atoms with Crippen LogP contribution < -0.4 is 14.2 Å². The zero-order valence-corrected chi connectivity index (χ0v) is 8.48. The van der Waals surface area contributed by atoms with Crippen molar-refractivity contribution in [1.82, 2.24) is 0 Å². The molecule has 1 heterocycles. The molecule has 0 radical (unpaired) electrons. The number of ether oxygens (including phenoxy) is 3. The number of hydrogen-bond donors (Lipinski definition) is 2. The summed E-state index contributed by atoms with van der Waals surface area (Å²) in [6.07, 6.45) is -0.820. The lowest BCUT2D eigenvalue weighted by Gasteiger charge is -2.12. The molecule has 0 fully saturated rings. The summed E-state index contributed by atoms with van der Waals surface area (Å²) in [4.78, 5) is 0. The Kier molecular flexibility index (Phi) is 2.32. The monoisotopic (exact) mass is 212 g/mol. The molecule has 0 spiro atoms. The van der Waals surface area contributed by atoms with E-state index in [0.717, 1.165) is 0 Å². The fourth-order valence-electron chi connectivity index (χ4n) is 1.66. The molecule has 0 amide bonds. The molecular formula is C10H12O5. The molecule has 5 heteroatoms. The van der Waals surface area contributed by atoms with Crippen LogP contribution in [0.3, 0.4) is 0 Å². The molecule has 1 aromatic carbocycles. The van der Waals surface area contributed by atoms with Crippen LogP contribution in [0.2, 0.25) is 0 Å². The molecule has 1 aromatic rings. The summed E-state index contributed by atoms with van der Waals surface area (Å²) in [6.45, 7) is 0.138. The SMILES string of the molecule is COc1cc2c(c(O)c1OC)C(O)CO2. The van der Waals surface area contributed by atoms with E-state index in [1.165, 1.54) is 14.2 Å². The number of methoxy groups -OCH3 is 2. The molecule has 82 valence electrons. The number of fused-ring (bicyclic) bond motifs is 1. The minimum Gasteiger partial charge on any atom is -0.504 e. The lowest BCUT2D eigenvalue weighted by Crippen LogP contribution is -1.98. The van der Waals surface area contributed by atoms with Gasteiger partial charge in [-0.15, -0.1) is 0 Å². The van der Waals surface area contributed by atoms with Crippen molar-refractivity contribution in [3.63, 3.8) is 0 Å². The number of phenols is 1. The fourth-order valence-corrected chi connectivity index (χ4v) is 1.66. The van der Waals surface area contributed by atoms with Gasteiger partial charge in [0.1, 0.15) is 18.5 Å². The molecule has 2 N–H and O–H groups in total. The highest BCUT2D eigenvalue weighted by atomic mass is 16.5. The second kappa shape index (κ2) is 3.51. The Balaban J connectivity index is 2.62. The Morgan fingerprint density at radius 2 is 2.13 bits per heavy atom. The van der Waals surface area contributed by atoms with Crippen molar-refractivity contribution in [2.45, 2.75) is 6.10 Å². The molecule has 1 unspecified atom stereocenters. The third-order valence-electron chi connectivity index (χ3n) is 2.38. The molecule has 15 heavy (non-hydrogen) atoms. The highest BCUT2D eigenvalue weighted by Crippen LogP contribution is 2.49. The van der Waals surface area contributed by atoms with Gasteiger partial charge in [-0.2, -0.15) is 0 Å². The number of aliphatic hydroxyl groups is 1. The van der Waals surface area contributed by atoms with Crippen molar-refractivity contribution in [3.05, 3.63) is 11.6 Å². The van der Waals surface area contributed by atoms with Crippen LogP contribution in [0.25, 0.3) is 0 Å². The van der Waals surface area contributed by atoms with Crippen LogP contribution in [0.1, 0.15) is 11.7 Å². The van der Waals surface area contributed by atoms with E-state index in [0.29, 0.717) is 17.1 Å². The molecule has 0 saturated heterocycles. The maximum absolute atomic E-state index is 9.85. The fraction of sp³-hybridized carbons (Fsp3) is 0.400. The lowest BCUT2D eigenvalue weighted by molar-refractivity contribution is 0.138. The predicted molar refractivity (Wildman–Crippen MR) is 51.7 cm³/mol. The van der Waals surface area contributed by atoms with Gasteiger partial charge in [-0.05, 0) is 0 Å². The highest BCUT2D eigenvalue weighted by molar-refractivity contribution is 5.62. The first-order chi connectivity index (χ1) is 7.19. The van der Waals surface area contributed by atoms with Gasteiger partial charge in [-0.25, -0.2) is 0 Å². The summed E-state index contributed by atoms with van der Waals surface area (Å²) in [5.41, 5.74) is 0.354. The minimum atomic E-state index is -0.820. The second-order valence-electron chi connectivity index (χ2n) is 3.20. The predicted octanol–water partition coefficient (Wildman–Crippen LogP) is 0.835. The Hall–Kier alpha value is -1.62. The van der Waals surface area contributed by atoms with E-state index >= 15 is 0 Å². The van der Waals surface area contributed by atoms with Gasteiger partial charge in [-0.1, -0.05) is 0 Å². The van der Waals surface area contributed by atoms with Gasteiger partial charge < -0.3 is 24.4 Å². The molecule has 2 rings (SSSR count). The molecular weight excluding hydrogens is 200 g/mol.